The molecule has 1 aliphatic carbocycles. The van der Waals surface area contributed by atoms with Crippen LogP contribution in [0.2, 0.25) is 0 Å². The second-order valence-corrected chi connectivity index (χ2v) is 9.18. The summed E-state index contributed by atoms with van der Waals surface area (Å²) in [5.41, 5.74) is 1.79. The van der Waals surface area contributed by atoms with Crippen LogP contribution in [0.25, 0.3) is 0 Å². The molecule has 3 heterocycles. The van der Waals surface area contributed by atoms with Crippen LogP contribution in [0, 0.1) is 24.7 Å². The van der Waals surface area contributed by atoms with Gasteiger partial charge in [0.1, 0.15) is 0 Å². The zero-order valence-corrected chi connectivity index (χ0v) is 16.1. The van der Waals surface area contributed by atoms with Gasteiger partial charge in [0.15, 0.2) is 0 Å². The van der Waals surface area contributed by atoms with Crippen molar-refractivity contribution in [3.05, 3.63) is 35.4 Å². The number of nitrogens with zero attached hydrogens (tertiary/aromatic N) is 2. The third-order valence-electron chi connectivity index (χ3n) is 7.24. The fourth-order valence-corrected chi connectivity index (χ4v) is 5.52. The molecule has 1 spiro atoms. The monoisotopic (exact) mass is 367 g/mol. The molecule has 1 aromatic carbocycles. The van der Waals surface area contributed by atoms with E-state index in [-0.39, 0.29) is 23.3 Å². The summed E-state index contributed by atoms with van der Waals surface area (Å²) in [6, 6.07) is 7.83. The van der Waals surface area contributed by atoms with E-state index in [0.717, 1.165) is 56.1 Å². The number of piperidine rings is 1. The van der Waals surface area contributed by atoms with E-state index < -0.39 is 0 Å². The Morgan fingerprint density at radius 3 is 2.70 bits per heavy atom. The van der Waals surface area contributed by atoms with Gasteiger partial charge in [-0.3, -0.25) is 9.59 Å². The molecule has 0 unspecified atom stereocenters. The van der Waals surface area contributed by atoms with Gasteiger partial charge in [-0.1, -0.05) is 17.7 Å². The van der Waals surface area contributed by atoms with Crippen molar-refractivity contribution in [2.45, 2.75) is 38.1 Å². The van der Waals surface area contributed by atoms with Crippen LogP contribution in [-0.2, 0) is 4.79 Å². The molecule has 3 saturated heterocycles. The van der Waals surface area contributed by atoms with E-state index in [9.17, 15) is 9.59 Å². The number of likely N-dealkylation sites (tertiary alicyclic amines) is 2. The van der Waals surface area contributed by atoms with Gasteiger partial charge in [-0.05, 0) is 50.7 Å². The first-order chi connectivity index (χ1) is 13.0. The van der Waals surface area contributed by atoms with Crippen LogP contribution in [0.1, 0.15) is 41.6 Å². The number of hydrogen-bond acceptors (Lipinski definition) is 3. The maximum Gasteiger partial charge on any atom is 0.253 e. The van der Waals surface area contributed by atoms with E-state index in [1.807, 2.05) is 36.1 Å². The summed E-state index contributed by atoms with van der Waals surface area (Å²) in [5.74, 6) is 1.81. The average Bonchev–Trinajstić information content (AvgIpc) is 3.31. The molecule has 2 amide bonds. The molecule has 4 aliphatic rings. The summed E-state index contributed by atoms with van der Waals surface area (Å²) >= 11 is 0. The van der Waals surface area contributed by atoms with Gasteiger partial charge in [0.25, 0.3) is 5.91 Å². The molecule has 144 valence electrons. The van der Waals surface area contributed by atoms with Crippen molar-refractivity contribution < 1.29 is 9.59 Å². The van der Waals surface area contributed by atoms with Crippen LogP contribution in [0.15, 0.2) is 24.3 Å². The molecule has 1 N–H and O–H groups in total. The van der Waals surface area contributed by atoms with Gasteiger partial charge in [-0.15, -0.1) is 0 Å². The van der Waals surface area contributed by atoms with Crippen LogP contribution in [-0.4, -0.2) is 59.9 Å². The minimum Gasteiger partial charge on any atom is -0.350 e. The third kappa shape index (κ3) is 3.06. The lowest BCUT2D eigenvalue weighted by Gasteiger charge is -2.42. The van der Waals surface area contributed by atoms with E-state index >= 15 is 0 Å². The third-order valence-corrected chi connectivity index (χ3v) is 7.24. The molecule has 4 fully saturated rings. The number of benzene rings is 1. The summed E-state index contributed by atoms with van der Waals surface area (Å²) in [5, 5.41) is 3.37. The van der Waals surface area contributed by atoms with E-state index in [0.29, 0.717) is 5.92 Å². The number of carbonyl (C=O) groups is 2. The summed E-state index contributed by atoms with van der Waals surface area (Å²) < 4.78 is 0. The molecular weight excluding hydrogens is 338 g/mol. The predicted molar refractivity (Wildman–Crippen MR) is 103 cm³/mol. The van der Waals surface area contributed by atoms with E-state index in [1.165, 1.54) is 19.4 Å². The van der Waals surface area contributed by atoms with E-state index in [2.05, 4.69) is 10.2 Å². The normalized spacial score (nSPS) is 29.8. The fraction of sp³-hybridized carbons (Fsp3) is 0.636. The lowest BCUT2D eigenvalue weighted by Crippen LogP contribution is -2.56. The van der Waals surface area contributed by atoms with E-state index in [1.54, 1.807) is 0 Å². The molecule has 5 heteroatoms. The van der Waals surface area contributed by atoms with E-state index in [4.69, 9.17) is 0 Å². The Balaban J connectivity index is 1.26. The minimum atomic E-state index is -0.0938. The molecule has 2 atom stereocenters. The van der Waals surface area contributed by atoms with Gasteiger partial charge in [0.2, 0.25) is 5.91 Å². The molecule has 0 radical (unpaired) electrons. The number of carbonyl (C=O) groups excluding carboxylic acids is 2. The smallest absolute Gasteiger partial charge is 0.253 e. The van der Waals surface area contributed by atoms with Crippen molar-refractivity contribution >= 4 is 11.8 Å². The lowest BCUT2D eigenvalue weighted by molar-refractivity contribution is -0.123. The Hall–Kier alpha value is -1.88. The van der Waals surface area contributed by atoms with Crippen molar-refractivity contribution in [1.29, 1.82) is 0 Å². The summed E-state index contributed by atoms with van der Waals surface area (Å²) in [7, 11) is 0. The van der Waals surface area contributed by atoms with Crippen LogP contribution < -0.4 is 5.32 Å². The van der Waals surface area contributed by atoms with Crippen molar-refractivity contribution in [1.82, 2.24) is 15.1 Å². The maximum absolute atomic E-state index is 12.9. The highest BCUT2D eigenvalue weighted by molar-refractivity contribution is 5.94. The number of hydrogen-bond donors (Lipinski definition) is 1. The first-order valence-corrected chi connectivity index (χ1v) is 10.4. The fourth-order valence-electron chi connectivity index (χ4n) is 5.52. The number of nitrogens with one attached hydrogen (secondary N) is 1. The zero-order valence-electron chi connectivity index (χ0n) is 16.1. The highest BCUT2D eigenvalue weighted by atomic mass is 16.2. The highest BCUT2D eigenvalue weighted by Crippen LogP contribution is 2.45. The van der Waals surface area contributed by atoms with Crippen LogP contribution in [0.5, 0.6) is 0 Å². The number of amides is 2. The van der Waals surface area contributed by atoms with Crippen molar-refractivity contribution in [2.75, 3.05) is 32.7 Å². The van der Waals surface area contributed by atoms with Crippen LogP contribution in [0.4, 0.5) is 0 Å². The van der Waals surface area contributed by atoms with Gasteiger partial charge < -0.3 is 15.1 Å². The lowest BCUT2D eigenvalue weighted by atomic mass is 9.75. The molecule has 1 saturated carbocycles. The van der Waals surface area contributed by atoms with Crippen molar-refractivity contribution in [3.8, 4) is 0 Å². The first kappa shape index (κ1) is 17.2. The van der Waals surface area contributed by atoms with Gasteiger partial charge >= 0.3 is 0 Å². The Morgan fingerprint density at radius 2 is 2.00 bits per heavy atom. The highest BCUT2D eigenvalue weighted by Gasteiger charge is 2.57. The number of aryl methyl sites for hydroxylation is 1. The summed E-state index contributed by atoms with van der Waals surface area (Å²) in [6.45, 7) is 6.64. The first-order valence-electron chi connectivity index (χ1n) is 10.4. The van der Waals surface area contributed by atoms with Gasteiger partial charge in [0, 0.05) is 49.7 Å². The maximum atomic E-state index is 12.9. The second kappa shape index (κ2) is 6.33. The van der Waals surface area contributed by atoms with Crippen molar-refractivity contribution in [3.63, 3.8) is 0 Å². The quantitative estimate of drug-likeness (QED) is 0.890. The largest absolute Gasteiger partial charge is 0.350 e. The topological polar surface area (TPSA) is 52.7 Å². The predicted octanol–water partition coefficient (Wildman–Crippen LogP) is 2.06. The number of rotatable bonds is 3. The Labute approximate surface area is 161 Å². The average molecular weight is 367 g/mol. The molecule has 27 heavy (non-hydrogen) atoms. The summed E-state index contributed by atoms with van der Waals surface area (Å²) in [4.78, 5) is 30.0. The zero-order chi connectivity index (χ0) is 18.6. The Morgan fingerprint density at radius 1 is 1.22 bits per heavy atom. The molecule has 3 aliphatic heterocycles. The Bertz CT molecular complexity index is 765. The molecular formula is C22H29N3O2. The standard InChI is InChI=1S/C22H29N3O2/c1-15-3-2-4-17(11-15)21(27)25-9-7-22(8-10-25)19-14-24(12-16-5-6-16)13-18(19)20(26)23-22/h2-4,11,16,18-19H,5-10,12-14H2,1H3,(H,23,26)/t18-,19+/m1/s1. The molecule has 0 aromatic heterocycles. The van der Waals surface area contributed by atoms with Gasteiger partial charge in [-0.25, -0.2) is 0 Å². The Kier molecular flexibility index (Phi) is 4.04. The molecule has 5 rings (SSSR count). The minimum absolute atomic E-state index is 0.0938. The van der Waals surface area contributed by atoms with Crippen LogP contribution in [0.3, 0.4) is 0 Å². The number of fused-ring (bicyclic) bond motifs is 2. The SMILES string of the molecule is Cc1cccc(C(=O)N2CCC3(CC2)NC(=O)[C@@H]2CN(CC4CC4)C[C@@H]23)c1. The van der Waals surface area contributed by atoms with Gasteiger partial charge in [-0.2, -0.15) is 0 Å². The molecule has 0 bridgehead atoms. The van der Waals surface area contributed by atoms with Gasteiger partial charge in [0.05, 0.1) is 5.92 Å². The van der Waals surface area contributed by atoms with Crippen molar-refractivity contribution in [2.24, 2.45) is 17.8 Å². The summed E-state index contributed by atoms with van der Waals surface area (Å²) in [6.07, 6.45) is 4.49. The second-order valence-electron chi connectivity index (χ2n) is 9.18. The van der Waals surface area contributed by atoms with Crippen LogP contribution >= 0.6 is 0 Å². The molecule has 1 aromatic rings. The molecule has 5 nitrogen and oxygen atoms in total.